The van der Waals surface area contributed by atoms with Crippen LogP contribution in [-0.4, -0.2) is 29.3 Å². The molecule has 2 aromatic carbocycles. The van der Waals surface area contributed by atoms with Gasteiger partial charge in [0.15, 0.2) is 0 Å². The van der Waals surface area contributed by atoms with E-state index in [9.17, 15) is 18.3 Å². The lowest BCUT2D eigenvalue weighted by atomic mass is 10.0. The molecule has 3 aromatic rings. The van der Waals surface area contributed by atoms with Gasteiger partial charge in [-0.15, -0.1) is 0 Å². The topological polar surface area (TPSA) is 45.6 Å². The average Bonchev–Trinajstić information content (AvgIpc) is 3.16. The zero-order valence-electron chi connectivity index (χ0n) is 15.4. The van der Waals surface area contributed by atoms with Crippen molar-refractivity contribution in [2.75, 3.05) is 18.0 Å². The third kappa shape index (κ3) is 4.29. The Morgan fingerprint density at radius 2 is 1.79 bits per heavy atom. The Hall–Kier alpha value is -3.22. The number of rotatable bonds is 4. The van der Waals surface area contributed by atoms with Crippen LogP contribution in [-0.2, 0) is 6.18 Å². The molecule has 0 bridgehead atoms. The Morgan fingerprint density at radius 3 is 2.45 bits per heavy atom. The average molecular weight is 400 g/mol. The molecule has 0 unspecified atom stereocenters. The maximum atomic E-state index is 12.6. The maximum absolute atomic E-state index is 12.6. The van der Waals surface area contributed by atoms with Gasteiger partial charge in [0.25, 0.3) is 0 Å². The number of benzene rings is 2. The van der Waals surface area contributed by atoms with Crippen LogP contribution in [0.25, 0.3) is 11.1 Å². The zero-order chi connectivity index (χ0) is 20.4. The van der Waals surface area contributed by atoms with Crippen LogP contribution in [0, 0.1) is 0 Å². The van der Waals surface area contributed by atoms with Gasteiger partial charge in [-0.1, -0.05) is 36.4 Å². The normalized spacial score (nSPS) is 16.8. The lowest BCUT2D eigenvalue weighted by Crippen LogP contribution is -2.24. The largest absolute Gasteiger partial charge is 0.506 e. The molecule has 1 aliphatic rings. The van der Waals surface area contributed by atoms with Gasteiger partial charge in [-0.25, -0.2) is 4.98 Å². The van der Waals surface area contributed by atoms with E-state index in [0.29, 0.717) is 25.2 Å². The first-order valence-electron chi connectivity index (χ1n) is 9.23. The second-order valence-corrected chi connectivity index (χ2v) is 6.93. The Labute approximate surface area is 166 Å². The van der Waals surface area contributed by atoms with E-state index in [1.54, 1.807) is 6.07 Å². The van der Waals surface area contributed by atoms with Gasteiger partial charge in [-0.2, -0.15) is 13.2 Å². The van der Waals surface area contributed by atoms with Gasteiger partial charge in [-0.3, -0.25) is 0 Å². The number of alkyl halides is 3. The fraction of sp³-hybridized carbons (Fsp3) is 0.227. The molecule has 0 amide bonds. The smallest absolute Gasteiger partial charge is 0.417 e. The maximum Gasteiger partial charge on any atom is 0.417 e. The number of pyridine rings is 1. The van der Waals surface area contributed by atoms with E-state index in [0.717, 1.165) is 23.4 Å². The van der Waals surface area contributed by atoms with Crippen molar-refractivity contribution in [2.24, 2.45) is 0 Å². The number of phenols is 1. The molecule has 0 aliphatic carbocycles. The summed E-state index contributed by atoms with van der Waals surface area (Å²) in [5.74, 6) is 0.341. The minimum Gasteiger partial charge on any atom is -0.506 e. The fourth-order valence-electron chi connectivity index (χ4n) is 3.43. The highest BCUT2D eigenvalue weighted by Crippen LogP contribution is 2.35. The second-order valence-electron chi connectivity index (χ2n) is 6.93. The van der Waals surface area contributed by atoms with E-state index in [1.165, 1.54) is 6.07 Å². The number of hydrogen-bond donors (Lipinski definition) is 1. The molecule has 4 rings (SSSR count). The van der Waals surface area contributed by atoms with Crippen molar-refractivity contribution in [1.29, 1.82) is 0 Å². The highest BCUT2D eigenvalue weighted by atomic mass is 19.4. The van der Waals surface area contributed by atoms with E-state index in [4.69, 9.17) is 4.74 Å². The number of nitrogens with zero attached hydrogens (tertiary/aromatic N) is 2. The highest BCUT2D eigenvalue weighted by Gasteiger charge is 2.31. The van der Waals surface area contributed by atoms with Crippen LogP contribution >= 0.6 is 0 Å². The molecule has 7 heteroatoms. The van der Waals surface area contributed by atoms with Crippen LogP contribution in [0.15, 0.2) is 66.9 Å². The summed E-state index contributed by atoms with van der Waals surface area (Å²) in [6, 6.07) is 17.5. The quantitative estimate of drug-likeness (QED) is 0.660. The van der Waals surface area contributed by atoms with E-state index in [-0.39, 0.29) is 17.7 Å². The Balaban J connectivity index is 1.42. The second kappa shape index (κ2) is 7.66. The molecule has 1 N–H and O–H groups in total. The van der Waals surface area contributed by atoms with E-state index in [2.05, 4.69) is 4.98 Å². The molecule has 1 aromatic heterocycles. The highest BCUT2D eigenvalue weighted by molar-refractivity contribution is 5.71. The molecule has 1 aliphatic heterocycles. The predicted molar refractivity (Wildman–Crippen MR) is 104 cm³/mol. The molecule has 0 spiro atoms. The molecule has 0 radical (unpaired) electrons. The predicted octanol–water partition coefficient (Wildman–Crippen LogP) is 5.13. The van der Waals surface area contributed by atoms with Crippen LogP contribution in [0.3, 0.4) is 0 Å². The molecule has 0 saturated carbocycles. The molecular weight excluding hydrogens is 381 g/mol. The van der Waals surface area contributed by atoms with Crippen LogP contribution in [0.2, 0.25) is 0 Å². The van der Waals surface area contributed by atoms with Crippen molar-refractivity contribution < 1.29 is 23.0 Å². The summed E-state index contributed by atoms with van der Waals surface area (Å²) >= 11 is 0. The summed E-state index contributed by atoms with van der Waals surface area (Å²) in [5, 5.41) is 10.5. The van der Waals surface area contributed by atoms with E-state index < -0.39 is 11.7 Å². The number of aromatic nitrogens is 1. The monoisotopic (exact) mass is 400 g/mol. The molecule has 1 saturated heterocycles. The van der Waals surface area contributed by atoms with Gasteiger partial charge in [0, 0.05) is 25.2 Å². The summed E-state index contributed by atoms with van der Waals surface area (Å²) in [4.78, 5) is 5.76. The third-order valence-electron chi connectivity index (χ3n) is 4.92. The van der Waals surface area contributed by atoms with Gasteiger partial charge in [0.1, 0.15) is 11.9 Å². The molecule has 2 heterocycles. The van der Waals surface area contributed by atoms with E-state index >= 15 is 0 Å². The first kappa shape index (κ1) is 19.1. The minimum atomic E-state index is -4.42. The number of halogens is 3. The molecule has 150 valence electrons. The Kier molecular flexibility index (Phi) is 5.05. The van der Waals surface area contributed by atoms with Crippen LogP contribution in [0.4, 0.5) is 18.9 Å². The van der Waals surface area contributed by atoms with Gasteiger partial charge in [0.05, 0.1) is 17.8 Å². The van der Waals surface area contributed by atoms with Crippen LogP contribution < -0.4 is 9.64 Å². The van der Waals surface area contributed by atoms with Crippen LogP contribution in [0.5, 0.6) is 11.6 Å². The van der Waals surface area contributed by atoms with Crippen molar-refractivity contribution in [3.05, 3.63) is 72.4 Å². The minimum absolute atomic E-state index is 0.161. The zero-order valence-corrected chi connectivity index (χ0v) is 15.4. The summed E-state index contributed by atoms with van der Waals surface area (Å²) in [7, 11) is 0. The molecule has 29 heavy (non-hydrogen) atoms. The molecule has 1 fully saturated rings. The lowest BCUT2D eigenvalue weighted by Gasteiger charge is -2.20. The first-order valence-corrected chi connectivity index (χ1v) is 9.23. The standard InChI is InChI=1S/C22H19F3N2O2/c23-22(24,25)17-7-9-21(26-13-17)29-18-10-11-27(14-18)19-8-6-16(12-20(19)28)15-4-2-1-3-5-15/h1-9,12-13,18,28H,10-11,14H2/t18-/m0/s1. The summed E-state index contributed by atoms with van der Waals surface area (Å²) < 4.78 is 43.6. The van der Waals surface area contributed by atoms with Crippen LogP contribution in [0.1, 0.15) is 12.0 Å². The Bertz CT molecular complexity index is 976. The molecule has 4 nitrogen and oxygen atoms in total. The third-order valence-corrected chi connectivity index (χ3v) is 4.92. The van der Waals surface area contributed by atoms with Gasteiger partial charge in [0.2, 0.25) is 5.88 Å². The fourth-order valence-corrected chi connectivity index (χ4v) is 3.43. The number of hydrogen-bond acceptors (Lipinski definition) is 4. The number of ether oxygens (including phenoxy) is 1. The van der Waals surface area contributed by atoms with Crippen molar-refractivity contribution in [3.8, 4) is 22.8 Å². The summed E-state index contributed by atoms with van der Waals surface area (Å²) in [5.41, 5.74) is 1.84. The number of phenolic OH excluding ortho intramolecular Hbond substituents is 1. The molecular formula is C22H19F3N2O2. The number of anilines is 1. The summed E-state index contributed by atoms with van der Waals surface area (Å²) in [6.07, 6.45) is -3.18. The first-order chi connectivity index (χ1) is 13.9. The number of aromatic hydroxyl groups is 1. The van der Waals surface area contributed by atoms with Gasteiger partial charge >= 0.3 is 6.18 Å². The van der Waals surface area contributed by atoms with E-state index in [1.807, 2.05) is 47.4 Å². The SMILES string of the molecule is Oc1cc(-c2ccccc2)ccc1N1CC[C@H](Oc2ccc(C(F)(F)F)cn2)C1. The summed E-state index contributed by atoms with van der Waals surface area (Å²) in [6.45, 7) is 1.19. The van der Waals surface area contributed by atoms with Crippen molar-refractivity contribution in [3.63, 3.8) is 0 Å². The van der Waals surface area contributed by atoms with Gasteiger partial charge in [-0.05, 0) is 29.3 Å². The lowest BCUT2D eigenvalue weighted by molar-refractivity contribution is -0.137. The Morgan fingerprint density at radius 1 is 1.00 bits per heavy atom. The van der Waals surface area contributed by atoms with Crippen molar-refractivity contribution in [2.45, 2.75) is 18.7 Å². The molecule has 1 atom stereocenters. The van der Waals surface area contributed by atoms with Crippen molar-refractivity contribution in [1.82, 2.24) is 4.98 Å². The van der Waals surface area contributed by atoms with Crippen molar-refractivity contribution >= 4 is 5.69 Å². The van der Waals surface area contributed by atoms with Gasteiger partial charge < -0.3 is 14.7 Å².